The summed E-state index contributed by atoms with van der Waals surface area (Å²) in [7, 11) is 3.20. The average molecular weight is 238 g/mol. The number of carbonyl (C=O) groups is 2. The zero-order chi connectivity index (χ0) is 13.6. The van der Waals surface area contributed by atoms with Crippen LogP contribution in [0.5, 0.6) is 0 Å². The van der Waals surface area contributed by atoms with Crippen LogP contribution in [-0.4, -0.2) is 42.9 Å². The summed E-state index contributed by atoms with van der Waals surface area (Å²) < 4.78 is 4.92. The zero-order valence-corrected chi connectivity index (χ0v) is 10.7. The summed E-state index contributed by atoms with van der Waals surface area (Å²) in [6.45, 7) is 6.67. The second kappa shape index (κ2) is 6.16. The van der Waals surface area contributed by atoms with Crippen molar-refractivity contribution < 1.29 is 14.3 Å². The number of likely N-dealkylation sites (N-methyl/N-ethyl adjacent to an activating group) is 1. The van der Waals surface area contributed by atoms with E-state index in [1.165, 1.54) is 11.8 Å². The summed E-state index contributed by atoms with van der Waals surface area (Å²) in [5.41, 5.74) is -1.29. The standard InChI is InChI=1S/C12H18N2O3/c1-6-17-11(16)12(10(3)15,14(4)5)7-9(2)8-13/h2,6-7H2,1,3-5H3. The first kappa shape index (κ1) is 15.3. The maximum absolute atomic E-state index is 12.0. The molecule has 17 heavy (non-hydrogen) atoms. The molecule has 5 heteroatoms. The van der Waals surface area contributed by atoms with E-state index in [1.54, 1.807) is 21.0 Å². The molecular weight excluding hydrogens is 220 g/mol. The first-order valence-corrected chi connectivity index (χ1v) is 5.26. The Kier molecular flexibility index (Phi) is 5.56. The SMILES string of the molecule is C=C(C#N)CC(C(C)=O)(C(=O)OCC)N(C)C. The van der Waals surface area contributed by atoms with Crippen molar-refractivity contribution in [2.24, 2.45) is 0 Å². The van der Waals surface area contributed by atoms with Gasteiger partial charge in [-0.3, -0.25) is 9.69 Å². The molecule has 94 valence electrons. The highest BCUT2D eigenvalue weighted by Gasteiger charge is 2.47. The summed E-state index contributed by atoms with van der Waals surface area (Å²) in [5.74, 6) is -1.01. The number of ether oxygens (including phenoxy) is 1. The molecule has 0 rings (SSSR count). The maximum Gasteiger partial charge on any atom is 0.334 e. The predicted octanol–water partition coefficient (Wildman–Crippen LogP) is 0.909. The highest BCUT2D eigenvalue weighted by atomic mass is 16.5. The van der Waals surface area contributed by atoms with Crippen molar-refractivity contribution in [3.05, 3.63) is 12.2 Å². The Hall–Kier alpha value is -1.67. The predicted molar refractivity (Wildman–Crippen MR) is 63.1 cm³/mol. The van der Waals surface area contributed by atoms with Gasteiger partial charge < -0.3 is 4.74 Å². The molecule has 0 N–H and O–H groups in total. The molecule has 5 nitrogen and oxygen atoms in total. The van der Waals surface area contributed by atoms with Gasteiger partial charge in [0.05, 0.1) is 12.7 Å². The number of esters is 1. The van der Waals surface area contributed by atoms with Gasteiger partial charge in [0, 0.05) is 12.0 Å². The first-order valence-electron chi connectivity index (χ1n) is 5.26. The molecule has 0 aromatic carbocycles. The summed E-state index contributed by atoms with van der Waals surface area (Å²) >= 11 is 0. The fourth-order valence-corrected chi connectivity index (χ4v) is 1.59. The highest BCUT2D eigenvalue weighted by molar-refractivity contribution is 6.07. The van der Waals surface area contributed by atoms with Crippen LogP contribution in [0.25, 0.3) is 0 Å². The molecule has 0 radical (unpaired) electrons. The van der Waals surface area contributed by atoms with Crippen molar-refractivity contribution in [2.75, 3.05) is 20.7 Å². The smallest absolute Gasteiger partial charge is 0.334 e. The summed E-state index contributed by atoms with van der Waals surface area (Å²) in [5, 5.41) is 8.74. The topological polar surface area (TPSA) is 70.4 Å². The van der Waals surface area contributed by atoms with Gasteiger partial charge >= 0.3 is 5.97 Å². The minimum Gasteiger partial charge on any atom is -0.464 e. The van der Waals surface area contributed by atoms with Gasteiger partial charge in [0.1, 0.15) is 0 Å². The lowest BCUT2D eigenvalue weighted by Gasteiger charge is -2.34. The largest absolute Gasteiger partial charge is 0.464 e. The van der Waals surface area contributed by atoms with Crippen molar-refractivity contribution in [1.29, 1.82) is 5.26 Å². The molecule has 0 spiro atoms. The Morgan fingerprint density at radius 2 is 2.00 bits per heavy atom. The zero-order valence-electron chi connectivity index (χ0n) is 10.7. The molecule has 0 amide bonds. The lowest BCUT2D eigenvalue weighted by molar-refractivity contribution is -0.160. The number of nitrogens with zero attached hydrogens (tertiary/aromatic N) is 2. The van der Waals surface area contributed by atoms with Crippen LogP contribution in [-0.2, 0) is 14.3 Å². The number of hydrogen-bond donors (Lipinski definition) is 0. The van der Waals surface area contributed by atoms with E-state index in [2.05, 4.69) is 6.58 Å². The van der Waals surface area contributed by atoms with E-state index < -0.39 is 11.5 Å². The van der Waals surface area contributed by atoms with E-state index in [-0.39, 0.29) is 24.4 Å². The Morgan fingerprint density at radius 3 is 2.29 bits per heavy atom. The van der Waals surface area contributed by atoms with E-state index in [9.17, 15) is 9.59 Å². The fraction of sp³-hybridized carbons (Fsp3) is 0.583. The molecule has 0 aromatic heterocycles. The van der Waals surface area contributed by atoms with Gasteiger partial charge in [-0.25, -0.2) is 4.79 Å². The normalized spacial score (nSPS) is 13.6. The van der Waals surface area contributed by atoms with Gasteiger partial charge in [0.2, 0.25) is 0 Å². The molecule has 0 saturated heterocycles. The second-order valence-corrected chi connectivity index (χ2v) is 3.92. The van der Waals surface area contributed by atoms with Crippen LogP contribution in [0.4, 0.5) is 0 Å². The highest BCUT2D eigenvalue weighted by Crippen LogP contribution is 2.24. The van der Waals surface area contributed by atoms with Crippen LogP contribution in [0.15, 0.2) is 12.2 Å². The van der Waals surface area contributed by atoms with Crippen molar-refractivity contribution in [3.8, 4) is 6.07 Å². The van der Waals surface area contributed by atoms with Gasteiger partial charge in [-0.1, -0.05) is 6.58 Å². The summed E-state index contributed by atoms with van der Waals surface area (Å²) in [6.07, 6.45) is -0.0509. The van der Waals surface area contributed by atoms with Crippen molar-refractivity contribution in [3.63, 3.8) is 0 Å². The first-order chi connectivity index (χ1) is 7.82. The van der Waals surface area contributed by atoms with E-state index in [4.69, 9.17) is 10.00 Å². The van der Waals surface area contributed by atoms with Crippen LogP contribution in [0.2, 0.25) is 0 Å². The molecule has 0 heterocycles. The van der Waals surface area contributed by atoms with Gasteiger partial charge in [-0.15, -0.1) is 0 Å². The second-order valence-electron chi connectivity index (χ2n) is 3.92. The molecule has 0 aliphatic carbocycles. The van der Waals surface area contributed by atoms with Gasteiger partial charge in [0.25, 0.3) is 0 Å². The van der Waals surface area contributed by atoms with Crippen LogP contribution < -0.4 is 0 Å². The number of ketones is 1. The third-order valence-corrected chi connectivity index (χ3v) is 2.59. The third kappa shape index (κ3) is 3.14. The molecule has 1 atom stereocenters. The minimum atomic E-state index is -1.46. The molecule has 0 aliphatic heterocycles. The van der Waals surface area contributed by atoms with E-state index in [1.807, 2.05) is 6.07 Å². The van der Waals surface area contributed by atoms with Gasteiger partial charge in [-0.2, -0.15) is 5.26 Å². The van der Waals surface area contributed by atoms with E-state index >= 15 is 0 Å². The number of hydrogen-bond acceptors (Lipinski definition) is 5. The Morgan fingerprint density at radius 1 is 1.47 bits per heavy atom. The maximum atomic E-state index is 12.0. The number of nitriles is 1. The Balaban J connectivity index is 5.45. The minimum absolute atomic E-state index is 0.0509. The Bertz CT molecular complexity index is 368. The van der Waals surface area contributed by atoms with Crippen LogP contribution in [0.1, 0.15) is 20.3 Å². The van der Waals surface area contributed by atoms with Gasteiger partial charge in [0.15, 0.2) is 11.3 Å². The molecule has 0 aliphatic rings. The third-order valence-electron chi connectivity index (χ3n) is 2.59. The lowest BCUT2D eigenvalue weighted by atomic mass is 9.86. The quantitative estimate of drug-likeness (QED) is 0.391. The van der Waals surface area contributed by atoms with Crippen molar-refractivity contribution in [1.82, 2.24) is 4.90 Å². The van der Waals surface area contributed by atoms with Crippen LogP contribution >= 0.6 is 0 Å². The summed E-state index contributed by atoms with van der Waals surface area (Å²) in [4.78, 5) is 25.2. The van der Waals surface area contributed by atoms with E-state index in [0.717, 1.165) is 0 Å². The summed E-state index contributed by atoms with van der Waals surface area (Å²) in [6, 6.07) is 1.85. The fourth-order valence-electron chi connectivity index (χ4n) is 1.59. The van der Waals surface area contributed by atoms with Crippen LogP contribution in [0.3, 0.4) is 0 Å². The molecule has 0 fully saturated rings. The molecule has 0 aromatic rings. The van der Waals surface area contributed by atoms with E-state index in [0.29, 0.717) is 0 Å². The number of carbonyl (C=O) groups excluding carboxylic acids is 2. The molecule has 0 bridgehead atoms. The number of Topliss-reactive ketones (excluding diaryl/α,β-unsaturated/α-hetero) is 1. The molecular formula is C12H18N2O3. The average Bonchev–Trinajstić information content (AvgIpc) is 2.24. The Labute approximate surface area is 102 Å². The monoisotopic (exact) mass is 238 g/mol. The van der Waals surface area contributed by atoms with Crippen molar-refractivity contribution in [2.45, 2.75) is 25.8 Å². The van der Waals surface area contributed by atoms with Gasteiger partial charge in [-0.05, 0) is 27.9 Å². The van der Waals surface area contributed by atoms with Crippen molar-refractivity contribution >= 4 is 11.8 Å². The number of rotatable bonds is 6. The van der Waals surface area contributed by atoms with Crippen LogP contribution in [0, 0.1) is 11.3 Å². The molecule has 1 unspecified atom stereocenters. The lowest BCUT2D eigenvalue weighted by Crippen LogP contribution is -2.57. The molecule has 0 saturated carbocycles.